The first kappa shape index (κ1) is 15.0. The van der Waals surface area contributed by atoms with Gasteiger partial charge in [-0.05, 0) is 48.4 Å². The maximum atomic E-state index is 13.5. The monoisotopic (exact) mass is 290 g/mol. The van der Waals surface area contributed by atoms with Gasteiger partial charge in [0.2, 0.25) is 0 Å². The van der Waals surface area contributed by atoms with Gasteiger partial charge < -0.3 is 4.74 Å². The van der Waals surface area contributed by atoms with E-state index in [9.17, 15) is 8.78 Å². The topological polar surface area (TPSA) is 33.6 Å². The molecule has 0 fully saturated rings. The molecular weight excluding hydrogens is 274 g/mol. The zero-order valence-electron chi connectivity index (χ0n) is 11.9. The molecule has 0 radical (unpaired) electrons. The molecule has 0 aromatic heterocycles. The molecular formula is C16H16F2N2O. The lowest BCUT2D eigenvalue weighted by atomic mass is 10.1. The molecule has 0 aliphatic rings. The van der Waals surface area contributed by atoms with E-state index in [1.165, 1.54) is 12.1 Å². The number of hydrazone groups is 1. The summed E-state index contributed by atoms with van der Waals surface area (Å²) in [6, 6.07) is 10.7. The number of hydrogen-bond acceptors (Lipinski definition) is 3. The van der Waals surface area contributed by atoms with Crippen LogP contribution in [-0.2, 0) is 0 Å². The Morgan fingerprint density at radius 1 is 1.14 bits per heavy atom. The fraction of sp³-hybridized carbons (Fsp3) is 0.188. The SMILES string of the molecule is CC/C(=N/Nc1ccc(F)cc1F)c1ccc(OC)cc1. The van der Waals surface area contributed by atoms with Gasteiger partial charge in [0.15, 0.2) is 5.82 Å². The van der Waals surface area contributed by atoms with Crippen molar-refractivity contribution in [3.63, 3.8) is 0 Å². The van der Waals surface area contributed by atoms with Gasteiger partial charge in [-0.25, -0.2) is 8.78 Å². The number of hydrogen-bond donors (Lipinski definition) is 1. The van der Waals surface area contributed by atoms with Crippen molar-refractivity contribution in [2.75, 3.05) is 12.5 Å². The number of nitrogens with one attached hydrogen (secondary N) is 1. The summed E-state index contributed by atoms with van der Waals surface area (Å²) in [5.41, 5.74) is 4.44. The molecule has 0 aliphatic carbocycles. The average molecular weight is 290 g/mol. The second-order valence-electron chi connectivity index (χ2n) is 4.38. The number of nitrogens with zero attached hydrogens (tertiary/aromatic N) is 1. The van der Waals surface area contributed by atoms with Gasteiger partial charge in [-0.3, -0.25) is 5.43 Å². The average Bonchev–Trinajstić information content (AvgIpc) is 2.50. The standard InChI is InChI=1S/C16H16F2N2O/c1-3-15(11-4-7-13(21-2)8-5-11)19-20-16-9-6-12(17)10-14(16)18/h4-10,20H,3H2,1-2H3/b19-15-. The molecule has 0 unspecified atom stereocenters. The highest BCUT2D eigenvalue weighted by Gasteiger charge is 2.05. The van der Waals surface area contributed by atoms with Gasteiger partial charge in [0, 0.05) is 6.07 Å². The van der Waals surface area contributed by atoms with Gasteiger partial charge in [-0.1, -0.05) is 6.92 Å². The van der Waals surface area contributed by atoms with Crippen LogP contribution in [0, 0.1) is 11.6 Å². The van der Waals surface area contributed by atoms with E-state index < -0.39 is 11.6 Å². The first-order chi connectivity index (χ1) is 10.1. The highest BCUT2D eigenvalue weighted by Crippen LogP contribution is 2.17. The molecule has 5 heteroatoms. The summed E-state index contributed by atoms with van der Waals surface area (Å²) in [6.45, 7) is 1.95. The molecule has 0 saturated heterocycles. The Hall–Kier alpha value is -2.43. The molecule has 2 aromatic carbocycles. The van der Waals surface area contributed by atoms with Crippen LogP contribution in [0.25, 0.3) is 0 Å². The minimum atomic E-state index is -0.677. The number of rotatable bonds is 5. The van der Waals surface area contributed by atoms with Gasteiger partial charge in [0.1, 0.15) is 11.6 Å². The normalized spacial score (nSPS) is 11.3. The van der Waals surface area contributed by atoms with Crippen molar-refractivity contribution in [1.82, 2.24) is 0 Å². The lowest BCUT2D eigenvalue weighted by Gasteiger charge is -2.07. The van der Waals surface area contributed by atoms with Crippen LogP contribution in [0.1, 0.15) is 18.9 Å². The zero-order valence-corrected chi connectivity index (χ0v) is 11.9. The Labute approximate surface area is 122 Å². The van der Waals surface area contributed by atoms with E-state index in [0.717, 1.165) is 23.1 Å². The molecule has 0 bridgehead atoms. The highest BCUT2D eigenvalue weighted by atomic mass is 19.1. The summed E-state index contributed by atoms with van der Waals surface area (Å²) in [7, 11) is 1.60. The lowest BCUT2D eigenvalue weighted by molar-refractivity contribution is 0.415. The van der Waals surface area contributed by atoms with Crippen molar-refractivity contribution < 1.29 is 13.5 Å². The second-order valence-corrected chi connectivity index (χ2v) is 4.38. The summed E-state index contributed by atoms with van der Waals surface area (Å²) in [5, 5.41) is 4.19. The van der Waals surface area contributed by atoms with Crippen molar-refractivity contribution in [3.8, 4) is 5.75 Å². The van der Waals surface area contributed by atoms with Crippen molar-refractivity contribution in [2.24, 2.45) is 5.10 Å². The van der Waals surface area contributed by atoms with E-state index in [1.54, 1.807) is 7.11 Å². The molecule has 0 spiro atoms. The van der Waals surface area contributed by atoms with Crippen LogP contribution in [0.2, 0.25) is 0 Å². The fourth-order valence-corrected chi connectivity index (χ4v) is 1.84. The Kier molecular flexibility index (Phi) is 4.87. The van der Waals surface area contributed by atoms with Gasteiger partial charge >= 0.3 is 0 Å². The Morgan fingerprint density at radius 2 is 1.86 bits per heavy atom. The number of anilines is 1. The summed E-state index contributed by atoms with van der Waals surface area (Å²) in [4.78, 5) is 0. The summed E-state index contributed by atoms with van der Waals surface area (Å²) < 4.78 is 31.4. The van der Waals surface area contributed by atoms with E-state index in [1.807, 2.05) is 31.2 Å². The molecule has 0 heterocycles. The third-order valence-electron chi connectivity index (χ3n) is 3.00. The van der Waals surface area contributed by atoms with Crippen molar-refractivity contribution in [3.05, 3.63) is 59.7 Å². The molecule has 110 valence electrons. The maximum Gasteiger partial charge on any atom is 0.151 e. The first-order valence-electron chi connectivity index (χ1n) is 6.56. The van der Waals surface area contributed by atoms with E-state index in [4.69, 9.17) is 4.74 Å². The number of methoxy groups -OCH3 is 1. The molecule has 0 aliphatic heterocycles. The fourth-order valence-electron chi connectivity index (χ4n) is 1.84. The van der Waals surface area contributed by atoms with Crippen molar-refractivity contribution >= 4 is 11.4 Å². The smallest absolute Gasteiger partial charge is 0.151 e. The summed E-state index contributed by atoms with van der Waals surface area (Å²) >= 11 is 0. The van der Waals surface area contributed by atoms with E-state index in [0.29, 0.717) is 6.42 Å². The predicted molar refractivity (Wildman–Crippen MR) is 79.8 cm³/mol. The molecule has 2 rings (SSSR count). The molecule has 0 saturated carbocycles. The molecule has 0 atom stereocenters. The molecule has 2 aromatic rings. The number of halogens is 2. The Balaban J connectivity index is 2.19. The molecule has 1 N–H and O–H groups in total. The van der Waals surface area contributed by atoms with E-state index >= 15 is 0 Å². The first-order valence-corrected chi connectivity index (χ1v) is 6.56. The predicted octanol–water partition coefficient (Wildman–Crippen LogP) is 4.20. The quantitative estimate of drug-likeness (QED) is 0.661. The second kappa shape index (κ2) is 6.83. The van der Waals surface area contributed by atoms with Crippen molar-refractivity contribution in [2.45, 2.75) is 13.3 Å². The van der Waals surface area contributed by atoms with Crippen LogP contribution < -0.4 is 10.2 Å². The Bertz CT molecular complexity index is 639. The third-order valence-corrected chi connectivity index (χ3v) is 3.00. The molecule has 21 heavy (non-hydrogen) atoms. The van der Waals surface area contributed by atoms with Gasteiger partial charge in [0.05, 0.1) is 18.5 Å². The van der Waals surface area contributed by atoms with Crippen LogP contribution in [0.3, 0.4) is 0 Å². The van der Waals surface area contributed by atoms with E-state index in [-0.39, 0.29) is 5.69 Å². The van der Waals surface area contributed by atoms with Crippen LogP contribution in [0.15, 0.2) is 47.6 Å². The lowest BCUT2D eigenvalue weighted by Crippen LogP contribution is -2.04. The van der Waals surface area contributed by atoms with Gasteiger partial charge in [0.25, 0.3) is 0 Å². The van der Waals surface area contributed by atoms with Crippen molar-refractivity contribution in [1.29, 1.82) is 0 Å². The highest BCUT2D eigenvalue weighted by molar-refractivity contribution is 6.00. The minimum absolute atomic E-state index is 0.135. The Morgan fingerprint density at radius 3 is 2.43 bits per heavy atom. The van der Waals surface area contributed by atoms with Gasteiger partial charge in [-0.15, -0.1) is 0 Å². The van der Waals surface area contributed by atoms with Crippen LogP contribution in [0.5, 0.6) is 5.75 Å². The number of benzene rings is 2. The van der Waals surface area contributed by atoms with Crippen LogP contribution in [0.4, 0.5) is 14.5 Å². The maximum absolute atomic E-state index is 13.5. The molecule has 0 amide bonds. The van der Waals surface area contributed by atoms with Crippen LogP contribution in [-0.4, -0.2) is 12.8 Å². The summed E-state index contributed by atoms with van der Waals surface area (Å²) in [6.07, 6.45) is 0.669. The zero-order chi connectivity index (χ0) is 15.2. The number of ether oxygens (including phenoxy) is 1. The van der Waals surface area contributed by atoms with E-state index in [2.05, 4.69) is 10.5 Å². The third kappa shape index (κ3) is 3.78. The summed E-state index contributed by atoms with van der Waals surface area (Å²) in [5.74, 6) is -0.538. The van der Waals surface area contributed by atoms with Crippen LogP contribution >= 0.6 is 0 Å². The molecule has 3 nitrogen and oxygen atoms in total. The van der Waals surface area contributed by atoms with Gasteiger partial charge in [-0.2, -0.15) is 5.10 Å². The minimum Gasteiger partial charge on any atom is -0.497 e. The largest absolute Gasteiger partial charge is 0.497 e.